The number of cyclic esters (lactones) is 1. The van der Waals surface area contributed by atoms with Crippen LogP contribution in [0.2, 0.25) is 0 Å². The highest BCUT2D eigenvalue weighted by Gasteiger charge is 2.36. The van der Waals surface area contributed by atoms with Gasteiger partial charge in [-0.1, -0.05) is 101 Å². The zero-order chi connectivity index (χ0) is 54.2. The summed E-state index contributed by atoms with van der Waals surface area (Å²) in [6.45, 7) is 17.2. The van der Waals surface area contributed by atoms with Crippen LogP contribution in [-0.4, -0.2) is 131 Å². The molecule has 0 saturated carbocycles. The maximum absolute atomic E-state index is 13.2. The Hall–Kier alpha value is -4.94. The highest BCUT2D eigenvalue weighted by Crippen LogP contribution is 2.24. The predicted molar refractivity (Wildman–Crippen MR) is 284 cm³/mol. The molecule has 20 nitrogen and oxygen atoms in total. The van der Waals surface area contributed by atoms with Gasteiger partial charge in [0.25, 0.3) is 11.8 Å². The van der Waals surface area contributed by atoms with Crippen molar-refractivity contribution in [2.75, 3.05) is 23.0 Å². The number of nitrogens with one attached hydrogen (secondary N) is 8. The van der Waals surface area contributed by atoms with Gasteiger partial charge in [0.15, 0.2) is 0 Å². The molecule has 402 valence electrons. The molecule has 0 radical (unpaired) electrons. The number of thiol groups is 2. The Kier molecular flexibility index (Phi) is 28.3. The molecule has 0 spiro atoms. The molecule has 2 bridgehead atoms. The molecule has 72 heavy (non-hydrogen) atoms. The average Bonchev–Trinajstić information content (AvgIpc) is 3.31. The topological polar surface area (TPSA) is 285 Å². The second kappa shape index (κ2) is 32.3. The lowest BCUT2D eigenvalue weighted by Gasteiger charge is -2.27. The fourth-order valence-corrected chi connectivity index (χ4v) is 9.36. The maximum atomic E-state index is 13.2. The van der Waals surface area contributed by atoms with Crippen LogP contribution in [0.25, 0.3) is 0 Å². The standard InChI is InChI=1S/C24H36N4O6S2.C24H38N4O6S2/c1-6-16-21(30)28-20(14(4)5)24(33)34-15-9-7-8-10-35-36-12-17(22(31)25-16)26-23(32)19(13(2)3)27-18(29)11-15;1-6-16-21(30)28-20(14(4)5)24(33)34-15(9-7-8-10-35)11-18(29)27-19(13(2)3)23(32)26-17(12-36)22(31)25-16/h6-7,9,13-15,17,19-20H,8,10-12H2,1-5H3,(H,25,31)(H,26,32)(H,27,29)(H,28,30);6-7,9,13-15,17,19-20,35-36H,8,10-12H2,1-5H3,(H,25,31)(H,26,32)(H,27,29)(H,28,30)/b2*9-7+,16-6-/t2*15-,17+,19+,20-/m00/s1. The highest BCUT2D eigenvalue weighted by atomic mass is 33.1. The van der Waals surface area contributed by atoms with Crippen LogP contribution in [0.5, 0.6) is 0 Å². The first-order valence-electron chi connectivity index (χ1n) is 23.9. The third kappa shape index (κ3) is 21.3. The first-order valence-corrected chi connectivity index (χ1v) is 27.7. The quantitative estimate of drug-likeness (QED) is 0.0550. The number of ether oxygens (including phenoxy) is 2. The molecule has 3 rings (SSSR count). The summed E-state index contributed by atoms with van der Waals surface area (Å²) in [5.74, 6) is -5.87. The molecule has 0 aromatic heterocycles. The molecule has 2 fully saturated rings. The minimum atomic E-state index is -1.07. The fraction of sp³-hybridized carbons (Fsp3) is 0.625. The van der Waals surface area contributed by atoms with Crippen molar-refractivity contribution in [1.29, 1.82) is 0 Å². The number of carbonyl (C=O) groups excluding carboxylic acids is 10. The van der Waals surface area contributed by atoms with E-state index in [0.717, 1.165) is 0 Å². The minimum absolute atomic E-state index is 0.0445. The SMILES string of the molecule is C/C=C1\NC(=O)[C@@H](CS)NC(=O)[C@@H](C(C)C)NC(=O)C[C@H](/C=C/CCS)OC(=O)[C@H](C(C)C)NC1=O.C/C=C1\NC(=O)[C@H]2CSSCC/C=C/[C@@H](CC(=O)N[C@H](C(C)C)C(=O)N2)OC(=O)[C@H](C(C)C)NC1=O. The van der Waals surface area contributed by atoms with Gasteiger partial charge >= 0.3 is 11.9 Å². The summed E-state index contributed by atoms with van der Waals surface area (Å²) in [5.41, 5.74) is -0.137. The van der Waals surface area contributed by atoms with Crippen molar-refractivity contribution in [2.45, 2.75) is 143 Å². The van der Waals surface area contributed by atoms with Crippen molar-refractivity contribution >= 4 is 106 Å². The van der Waals surface area contributed by atoms with Crippen molar-refractivity contribution in [3.8, 4) is 0 Å². The van der Waals surface area contributed by atoms with Gasteiger partial charge in [-0.05, 0) is 68.3 Å². The molecule has 0 aromatic rings. The van der Waals surface area contributed by atoms with Crippen molar-refractivity contribution in [2.24, 2.45) is 23.7 Å². The van der Waals surface area contributed by atoms with Gasteiger partial charge in [0, 0.05) is 17.3 Å². The first-order chi connectivity index (χ1) is 34.0. The lowest BCUT2D eigenvalue weighted by Crippen LogP contribution is -2.57. The van der Waals surface area contributed by atoms with Crippen LogP contribution in [-0.2, 0) is 57.4 Å². The van der Waals surface area contributed by atoms with Crippen LogP contribution < -0.4 is 42.5 Å². The third-order valence-corrected chi connectivity index (χ3v) is 14.0. The molecule has 0 unspecified atom stereocenters. The fourth-order valence-electron chi connectivity index (χ4n) is 6.80. The molecule has 2 saturated heterocycles. The Morgan fingerprint density at radius 1 is 0.611 bits per heavy atom. The molecule has 24 heteroatoms. The largest absolute Gasteiger partial charge is 0.456 e. The van der Waals surface area contributed by atoms with E-state index in [1.54, 1.807) is 87.5 Å². The number of carbonyl (C=O) groups is 10. The van der Waals surface area contributed by atoms with E-state index < -0.39 is 108 Å². The van der Waals surface area contributed by atoms with E-state index in [9.17, 15) is 47.9 Å². The van der Waals surface area contributed by atoms with Gasteiger partial charge in [-0.25, -0.2) is 9.59 Å². The summed E-state index contributed by atoms with van der Waals surface area (Å²) in [6, 6.07) is -5.93. The van der Waals surface area contributed by atoms with Crippen molar-refractivity contribution in [3.05, 3.63) is 47.9 Å². The summed E-state index contributed by atoms with van der Waals surface area (Å²) in [6.07, 6.45) is 8.67. The van der Waals surface area contributed by atoms with Crippen LogP contribution >= 0.6 is 46.8 Å². The minimum Gasteiger partial charge on any atom is -0.456 e. The Labute approximate surface area is 441 Å². The predicted octanol–water partition coefficient (Wildman–Crippen LogP) is 2.32. The van der Waals surface area contributed by atoms with Crippen LogP contribution in [0.3, 0.4) is 0 Å². The summed E-state index contributed by atoms with van der Waals surface area (Å²) < 4.78 is 11.2. The molecule has 8 N–H and O–H groups in total. The summed E-state index contributed by atoms with van der Waals surface area (Å²) in [7, 11) is 2.95. The smallest absolute Gasteiger partial charge is 0.329 e. The molecule has 3 aliphatic rings. The lowest BCUT2D eigenvalue weighted by molar-refractivity contribution is -0.154. The van der Waals surface area contributed by atoms with E-state index in [-0.39, 0.29) is 59.4 Å². The molecule has 8 atom stereocenters. The second-order valence-electron chi connectivity index (χ2n) is 18.3. The zero-order valence-corrected chi connectivity index (χ0v) is 46.1. The lowest BCUT2D eigenvalue weighted by atomic mass is 10.0. The first kappa shape index (κ1) is 63.2. The van der Waals surface area contributed by atoms with Gasteiger partial charge in [0.1, 0.15) is 59.9 Å². The zero-order valence-electron chi connectivity index (χ0n) is 42.7. The van der Waals surface area contributed by atoms with E-state index in [4.69, 9.17) is 9.47 Å². The Morgan fingerprint density at radius 2 is 1.11 bits per heavy atom. The molecule has 0 aliphatic carbocycles. The van der Waals surface area contributed by atoms with E-state index in [1.165, 1.54) is 33.7 Å². The van der Waals surface area contributed by atoms with Crippen LogP contribution in [0, 0.1) is 23.7 Å². The number of amides is 8. The average molecular weight is 1080 g/mol. The molecular formula is C48H74N8O12S4. The summed E-state index contributed by atoms with van der Waals surface area (Å²) in [5, 5.41) is 21.0. The van der Waals surface area contributed by atoms with Gasteiger partial charge in [0.2, 0.25) is 35.4 Å². The summed E-state index contributed by atoms with van der Waals surface area (Å²) in [4.78, 5) is 130. The Morgan fingerprint density at radius 3 is 1.61 bits per heavy atom. The monoisotopic (exact) mass is 1080 g/mol. The van der Waals surface area contributed by atoms with Gasteiger partial charge in [-0.15, -0.1) is 0 Å². The number of allylic oxidation sites excluding steroid dienone is 4. The Bertz CT molecular complexity index is 2060. The normalized spacial score (nSPS) is 28.1. The summed E-state index contributed by atoms with van der Waals surface area (Å²) >= 11 is 8.31. The number of fused-ring (bicyclic) bond motifs is 7. The van der Waals surface area contributed by atoms with Crippen molar-refractivity contribution in [1.82, 2.24) is 42.5 Å². The van der Waals surface area contributed by atoms with Gasteiger partial charge in [0.05, 0.1) is 12.8 Å². The number of hydrogen-bond acceptors (Lipinski definition) is 16. The van der Waals surface area contributed by atoms with Gasteiger partial charge in [-0.2, -0.15) is 25.3 Å². The van der Waals surface area contributed by atoms with E-state index >= 15 is 0 Å². The Balaban J connectivity index is 0.000000493. The van der Waals surface area contributed by atoms with Crippen LogP contribution in [0.15, 0.2) is 47.9 Å². The van der Waals surface area contributed by atoms with Gasteiger partial charge in [-0.3, -0.25) is 38.4 Å². The molecular weight excluding hydrogens is 1010 g/mol. The molecule has 3 aliphatic heterocycles. The molecule has 3 heterocycles. The highest BCUT2D eigenvalue weighted by molar-refractivity contribution is 8.76. The van der Waals surface area contributed by atoms with Gasteiger partial charge < -0.3 is 52.0 Å². The van der Waals surface area contributed by atoms with Crippen LogP contribution in [0.1, 0.15) is 94.9 Å². The number of rotatable bonds is 8. The van der Waals surface area contributed by atoms with E-state index in [0.29, 0.717) is 24.3 Å². The molecule has 8 amide bonds. The second-order valence-corrected chi connectivity index (χ2v) is 21.7. The van der Waals surface area contributed by atoms with E-state index in [2.05, 4.69) is 67.8 Å². The maximum Gasteiger partial charge on any atom is 0.329 e. The van der Waals surface area contributed by atoms with Crippen molar-refractivity contribution < 1.29 is 57.4 Å². The van der Waals surface area contributed by atoms with Crippen molar-refractivity contribution in [3.63, 3.8) is 0 Å². The number of hydrogen-bond donors (Lipinski definition) is 10. The number of esters is 2. The third-order valence-electron chi connectivity index (χ3n) is 11.0. The molecule has 0 aromatic carbocycles. The van der Waals surface area contributed by atoms with Crippen LogP contribution in [0.4, 0.5) is 0 Å². The van der Waals surface area contributed by atoms with E-state index in [1.807, 2.05) is 6.08 Å².